The predicted molar refractivity (Wildman–Crippen MR) is 151 cm³/mol. The first-order valence-electron chi connectivity index (χ1n) is 13.1. The van der Waals surface area contributed by atoms with Gasteiger partial charge in [-0.05, 0) is 70.4 Å². The van der Waals surface area contributed by atoms with Gasteiger partial charge in [0.25, 0.3) is 0 Å². The van der Waals surface area contributed by atoms with Gasteiger partial charge in [-0.15, -0.1) is 0 Å². The Kier molecular flexibility index (Phi) is 7.65. The Morgan fingerprint density at radius 3 is 0.912 bits per heavy atom. The monoisotopic (exact) mass is 455 g/mol. The van der Waals surface area contributed by atoms with Gasteiger partial charge < -0.3 is 4.90 Å². The summed E-state index contributed by atoms with van der Waals surface area (Å²) < 4.78 is 0. The molecule has 0 saturated carbocycles. The predicted octanol–water partition coefficient (Wildman–Crippen LogP) is 10.2. The number of para-hydroxylation sites is 3. The highest BCUT2D eigenvalue weighted by molar-refractivity contribution is 5.83. The second-order valence-corrected chi connectivity index (χ2v) is 11.6. The van der Waals surface area contributed by atoms with E-state index in [0.717, 1.165) is 19.3 Å². The summed E-state index contributed by atoms with van der Waals surface area (Å²) in [4.78, 5) is 2.56. The summed E-state index contributed by atoms with van der Waals surface area (Å²) in [5.41, 5.74) is 8.24. The van der Waals surface area contributed by atoms with Crippen molar-refractivity contribution in [2.75, 3.05) is 4.90 Å². The van der Waals surface area contributed by atoms with E-state index < -0.39 is 0 Å². The van der Waals surface area contributed by atoms with Crippen LogP contribution in [-0.4, -0.2) is 0 Å². The summed E-state index contributed by atoms with van der Waals surface area (Å²) >= 11 is 0. The van der Waals surface area contributed by atoms with E-state index in [4.69, 9.17) is 0 Å². The second-order valence-electron chi connectivity index (χ2n) is 11.6. The van der Waals surface area contributed by atoms with Gasteiger partial charge in [-0.25, -0.2) is 0 Å². The van der Waals surface area contributed by atoms with Crippen LogP contribution in [0.3, 0.4) is 0 Å². The fourth-order valence-electron chi connectivity index (χ4n) is 4.68. The van der Waals surface area contributed by atoms with Crippen LogP contribution < -0.4 is 4.90 Å². The van der Waals surface area contributed by atoms with Crippen molar-refractivity contribution in [3.05, 3.63) is 89.5 Å². The fraction of sp³-hybridized carbons (Fsp3) is 0.455. The first kappa shape index (κ1) is 26.1. The lowest BCUT2D eigenvalue weighted by atomic mass is 9.78. The van der Waals surface area contributed by atoms with E-state index in [-0.39, 0.29) is 16.2 Å². The van der Waals surface area contributed by atoms with E-state index in [1.807, 2.05) is 0 Å². The Morgan fingerprint density at radius 2 is 0.676 bits per heavy atom. The fourth-order valence-corrected chi connectivity index (χ4v) is 4.68. The molecule has 0 unspecified atom stereocenters. The third-order valence-corrected chi connectivity index (χ3v) is 8.27. The molecule has 0 fully saturated rings. The molecular formula is C33H45N. The zero-order valence-electron chi connectivity index (χ0n) is 23.0. The smallest absolute Gasteiger partial charge is 0.0499 e. The SMILES string of the molecule is CCC(C)(C)c1ccccc1N(c1ccccc1C(C)(C)CC)c1ccccc1C(C)(C)CC. The van der Waals surface area contributed by atoms with Crippen molar-refractivity contribution in [1.82, 2.24) is 0 Å². The molecule has 0 heterocycles. The zero-order chi connectivity index (χ0) is 25.1. The lowest BCUT2D eigenvalue weighted by Gasteiger charge is -2.39. The van der Waals surface area contributed by atoms with Crippen LogP contribution in [0.4, 0.5) is 17.1 Å². The molecule has 182 valence electrons. The molecule has 0 aliphatic rings. The van der Waals surface area contributed by atoms with Crippen molar-refractivity contribution >= 4 is 17.1 Å². The van der Waals surface area contributed by atoms with Crippen LogP contribution in [0.25, 0.3) is 0 Å². The molecule has 1 nitrogen and oxygen atoms in total. The van der Waals surface area contributed by atoms with Gasteiger partial charge in [0.1, 0.15) is 0 Å². The van der Waals surface area contributed by atoms with E-state index in [9.17, 15) is 0 Å². The van der Waals surface area contributed by atoms with Gasteiger partial charge in [0, 0.05) is 17.1 Å². The van der Waals surface area contributed by atoms with Crippen molar-refractivity contribution in [2.45, 2.75) is 97.8 Å². The first-order valence-corrected chi connectivity index (χ1v) is 13.1. The molecule has 34 heavy (non-hydrogen) atoms. The Labute approximate surface area is 209 Å². The average molecular weight is 456 g/mol. The van der Waals surface area contributed by atoms with E-state index >= 15 is 0 Å². The van der Waals surface area contributed by atoms with Crippen LogP contribution in [0.15, 0.2) is 72.8 Å². The number of hydrogen-bond acceptors (Lipinski definition) is 1. The summed E-state index contributed by atoms with van der Waals surface area (Å²) in [5, 5.41) is 0. The van der Waals surface area contributed by atoms with Gasteiger partial charge in [-0.3, -0.25) is 0 Å². The molecule has 0 N–H and O–H groups in total. The van der Waals surface area contributed by atoms with E-state index in [1.54, 1.807) is 0 Å². The van der Waals surface area contributed by atoms with Crippen molar-refractivity contribution in [3.8, 4) is 0 Å². The van der Waals surface area contributed by atoms with Crippen molar-refractivity contribution in [1.29, 1.82) is 0 Å². The number of hydrogen-bond donors (Lipinski definition) is 0. The lowest BCUT2D eigenvalue weighted by molar-refractivity contribution is 0.501. The summed E-state index contributed by atoms with van der Waals surface area (Å²) in [7, 11) is 0. The van der Waals surface area contributed by atoms with E-state index in [2.05, 4.69) is 140 Å². The second kappa shape index (κ2) is 9.98. The average Bonchev–Trinajstić information content (AvgIpc) is 2.85. The minimum atomic E-state index is 0.0687. The lowest BCUT2D eigenvalue weighted by Crippen LogP contribution is -2.27. The van der Waals surface area contributed by atoms with Crippen LogP contribution in [-0.2, 0) is 16.2 Å². The number of nitrogens with zero attached hydrogens (tertiary/aromatic N) is 1. The Morgan fingerprint density at radius 1 is 0.441 bits per heavy atom. The van der Waals surface area contributed by atoms with Gasteiger partial charge in [-0.2, -0.15) is 0 Å². The van der Waals surface area contributed by atoms with Gasteiger partial charge in [-0.1, -0.05) is 117 Å². The molecule has 3 aromatic carbocycles. The third-order valence-electron chi connectivity index (χ3n) is 8.27. The summed E-state index contributed by atoms with van der Waals surface area (Å²) in [5.74, 6) is 0. The van der Waals surface area contributed by atoms with Gasteiger partial charge in [0.05, 0.1) is 0 Å². The molecule has 0 aliphatic carbocycles. The van der Waals surface area contributed by atoms with Crippen LogP contribution in [0, 0.1) is 0 Å². The van der Waals surface area contributed by atoms with Gasteiger partial charge >= 0.3 is 0 Å². The number of rotatable bonds is 9. The highest BCUT2D eigenvalue weighted by atomic mass is 15.2. The molecule has 0 bridgehead atoms. The van der Waals surface area contributed by atoms with Crippen molar-refractivity contribution < 1.29 is 0 Å². The van der Waals surface area contributed by atoms with E-state index in [0.29, 0.717) is 0 Å². The van der Waals surface area contributed by atoms with E-state index in [1.165, 1.54) is 33.8 Å². The van der Waals surface area contributed by atoms with Crippen molar-refractivity contribution in [2.24, 2.45) is 0 Å². The Hall–Kier alpha value is -2.54. The normalized spacial score (nSPS) is 12.6. The zero-order valence-corrected chi connectivity index (χ0v) is 23.0. The maximum atomic E-state index is 2.56. The molecular weight excluding hydrogens is 410 g/mol. The Bertz CT molecular complexity index is 961. The topological polar surface area (TPSA) is 3.24 Å². The molecule has 0 radical (unpaired) electrons. The molecule has 0 spiro atoms. The number of anilines is 3. The van der Waals surface area contributed by atoms with Gasteiger partial charge in [0.2, 0.25) is 0 Å². The molecule has 0 saturated heterocycles. The Balaban J connectivity index is 2.45. The largest absolute Gasteiger partial charge is 0.310 e. The molecule has 0 aliphatic heterocycles. The molecule has 3 aromatic rings. The third kappa shape index (κ3) is 4.95. The molecule has 1 heteroatoms. The maximum absolute atomic E-state index is 2.56. The summed E-state index contributed by atoms with van der Waals surface area (Å²) in [6.45, 7) is 21.1. The maximum Gasteiger partial charge on any atom is 0.0499 e. The van der Waals surface area contributed by atoms with Gasteiger partial charge in [0.15, 0.2) is 0 Å². The minimum Gasteiger partial charge on any atom is -0.310 e. The van der Waals surface area contributed by atoms with Crippen LogP contribution >= 0.6 is 0 Å². The highest BCUT2D eigenvalue weighted by Gasteiger charge is 2.32. The van der Waals surface area contributed by atoms with Crippen LogP contribution in [0.1, 0.15) is 98.3 Å². The van der Waals surface area contributed by atoms with Crippen LogP contribution in [0.2, 0.25) is 0 Å². The molecule has 0 amide bonds. The first-order chi connectivity index (χ1) is 16.0. The standard InChI is InChI=1S/C33H45N/c1-10-31(4,5)25-19-13-16-22-28(25)34(29-23-17-14-20-26(29)32(6,7)11-2)30-24-18-15-21-27(30)33(8,9)12-3/h13-24H,10-12H2,1-9H3. The quantitative estimate of drug-likeness (QED) is 0.310. The molecule has 0 aromatic heterocycles. The molecule has 0 atom stereocenters. The van der Waals surface area contributed by atoms with Crippen molar-refractivity contribution in [3.63, 3.8) is 0 Å². The molecule has 3 rings (SSSR count). The summed E-state index contributed by atoms with van der Waals surface area (Å²) in [6, 6.07) is 27.1. The minimum absolute atomic E-state index is 0.0687. The highest BCUT2D eigenvalue weighted by Crippen LogP contribution is 2.48. The number of benzene rings is 3. The summed E-state index contributed by atoms with van der Waals surface area (Å²) in [6.07, 6.45) is 3.26. The van der Waals surface area contributed by atoms with Crippen LogP contribution in [0.5, 0.6) is 0 Å².